The van der Waals surface area contributed by atoms with Crippen molar-refractivity contribution in [3.63, 3.8) is 0 Å². The summed E-state index contributed by atoms with van der Waals surface area (Å²) in [4.78, 5) is 10.1. The summed E-state index contributed by atoms with van der Waals surface area (Å²) in [5.41, 5.74) is 0. The Balaban J connectivity index is 0.000000810. The summed E-state index contributed by atoms with van der Waals surface area (Å²) >= 11 is 0. The molecule has 0 aromatic heterocycles. The van der Waals surface area contributed by atoms with E-state index in [0.29, 0.717) is 13.0 Å². The number of carboxylic acids is 1. The molecule has 0 amide bonds. The highest BCUT2D eigenvalue weighted by atomic mass is 79.9. The van der Waals surface area contributed by atoms with Gasteiger partial charge >= 0.3 is 5.97 Å². The second-order valence-corrected chi connectivity index (χ2v) is 2.07. The number of rotatable bonds is 1. The Hall–Kier alpha value is -0.160. The molecule has 0 aromatic rings. The highest BCUT2D eigenvalue weighted by Gasteiger charge is 2.32. The van der Waals surface area contributed by atoms with Gasteiger partial charge in [0.05, 0.1) is 0 Å². The van der Waals surface area contributed by atoms with E-state index in [1.807, 2.05) is 0 Å². The van der Waals surface area contributed by atoms with Gasteiger partial charge in [-0.2, -0.15) is 0 Å². The lowest BCUT2D eigenvalue weighted by atomic mass is 10.2. The molecule has 2 N–H and O–H groups in total. The zero-order chi connectivity index (χ0) is 6.85. The lowest BCUT2D eigenvalue weighted by Crippen LogP contribution is -2.36. The van der Waals surface area contributed by atoms with Gasteiger partial charge in [0, 0.05) is 0 Å². The molecule has 0 aromatic carbocycles. The van der Waals surface area contributed by atoms with Gasteiger partial charge in [0.15, 0.2) is 0 Å². The van der Waals surface area contributed by atoms with E-state index >= 15 is 0 Å². The minimum absolute atomic E-state index is 0. The summed E-state index contributed by atoms with van der Waals surface area (Å²) in [5, 5.41) is 10.8. The number of hydrogen-bond donors (Lipinski definition) is 2. The van der Waals surface area contributed by atoms with E-state index in [4.69, 9.17) is 5.11 Å². The molecule has 0 bridgehead atoms. The molecule has 1 saturated heterocycles. The molecular formula is C5H9BrFNO2. The number of nitrogens with one attached hydrogen (secondary N) is 1. The fourth-order valence-corrected chi connectivity index (χ4v) is 0.913. The Morgan fingerprint density at radius 3 is 2.50 bits per heavy atom. The highest BCUT2D eigenvalue weighted by molar-refractivity contribution is 8.93. The average molecular weight is 214 g/mol. The van der Waals surface area contributed by atoms with Crippen molar-refractivity contribution in [3.8, 4) is 0 Å². The van der Waals surface area contributed by atoms with Crippen LogP contribution in [-0.2, 0) is 4.79 Å². The van der Waals surface area contributed by atoms with Crippen molar-refractivity contribution in [1.29, 1.82) is 0 Å². The Labute approximate surface area is 68.4 Å². The predicted octanol–water partition coefficient (Wildman–Crippen LogP) is 0.349. The first-order valence-electron chi connectivity index (χ1n) is 2.82. The summed E-state index contributed by atoms with van der Waals surface area (Å²) in [5.74, 6) is -1.10. The third-order valence-corrected chi connectivity index (χ3v) is 1.41. The van der Waals surface area contributed by atoms with E-state index in [9.17, 15) is 9.18 Å². The van der Waals surface area contributed by atoms with Gasteiger partial charge in [-0.3, -0.25) is 4.79 Å². The molecule has 60 valence electrons. The topological polar surface area (TPSA) is 49.3 Å². The minimum atomic E-state index is -1.21. The third kappa shape index (κ3) is 1.91. The fourth-order valence-electron chi connectivity index (χ4n) is 0.913. The lowest BCUT2D eigenvalue weighted by Gasteiger charge is -2.04. The number of aliphatic carboxylic acids is 1. The van der Waals surface area contributed by atoms with Crippen molar-refractivity contribution < 1.29 is 14.3 Å². The quantitative estimate of drug-likeness (QED) is 0.662. The van der Waals surface area contributed by atoms with Crippen LogP contribution < -0.4 is 5.32 Å². The molecule has 3 nitrogen and oxygen atoms in total. The van der Waals surface area contributed by atoms with Crippen molar-refractivity contribution in [2.75, 3.05) is 6.54 Å². The zero-order valence-corrected chi connectivity index (χ0v) is 6.92. The maximum Gasteiger partial charge on any atom is 0.323 e. The molecule has 1 fully saturated rings. The summed E-state index contributed by atoms with van der Waals surface area (Å²) < 4.78 is 12.4. The van der Waals surface area contributed by atoms with Gasteiger partial charge in [0.2, 0.25) is 0 Å². The Morgan fingerprint density at radius 1 is 1.70 bits per heavy atom. The first-order valence-corrected chi connectivity index (χ1v) is 2.82. The summed E-state index contributed by atoms with van der Waals surface area (Å²) in [7, 11) is 0. The molecule has 5 heteroatoms. The molecule has 1 heterocycles. The Morgan fingerprint density at radius 2 is 2.30 bits per heavy atom. The van der Waals surface area contributed by atoms with Crippen molar-refractivity contribution in [2.24, 2.45) is 0 Å². The molecule has 1 aliphatic heterocycles. The van der Waals surface area contributed by atoms with Gasteiger partial charge in [0.25, 0.3) is 0 Å². The van der Waals surface area contributed by atoms with Gasteiger partial charge in [-0.25, -0.2) is 4.39 Å². The SMILES string of the molecule is Br.O=C(O)[C@H]1NCC[C@H]1F. The van der Waals surface area contributed by atoms with Crippen LogP contribution in [0.15, 0.2) is 0 Å². The molecule has 0 aliphatic carbocycles. The fraction of sp³-hybridized carbons (Fsp3) is 0.800. The largest absolute Gasteiger partial charge is 0.480 e. The van der Waals surface area contributed by atoms with Crippen LogP contribution in [0.4, 0.5) is 4.39 Å². The molecule has 0 saturated carbocycles. The van der Waals surface area contributed by atoms with Gasteiger partial charge in [0.1, 0.15) is 12.2 Å². The average Bonchev–Trinajstić information content (AvgIpc) is 2.13. The van der Waals surface area contributed by atoms with Crippen LogP contribution in [-0.4, -0.2) is 29.8 Å². The molecule has 0 radical (unpaired) electrons. The van der Waals surface area contributed by atoms with Crippen LogP contribution in [0.1, 0.15) is 6.42 Å². The van der Waals surface area contributed by atoms with E-state index < -0.39 is 18.2 Å². The van der Waals surface area contributed by atoms with E-state index in [2.05, 4.69) is 5.32 Å². The Kier molecular flexibility index (Phi) is 3.81. The summed E-state index contributed by atoms with van der Waals surface area (Å²) in [6.07, 6.45) is -0.890. The van der Waals surface area contributed by atoms with Crippen LogP contribution in [0.3, 0.4) is 0 Å². The van der Waals surface area contributed by atoms with Crippen molar-refractivity contribution >= 4 is 23.0 Å². The zero-order valence-electron chi connectivity index (χ0n) is 5.21. The Bertz CT molecular complexity index is 133. The molecule has 1 rings (SSSR count). The van der Waals surface area contributed by atoms with Crippen LogP contribution in [0.25, 0.3) is 0 Å². The van der Waals surface area contributed by atoms with Gasteiger partial charge in [-0.05, 0) is 13.0 Å². The maximum absolute atomic E-state index is 12.4. The van der Waals surface area contributed by atoms with Crippen molar-refractivity contribution in [3.05, 3.63) is 0 Å². The van der Waals surface area contributed by atoms with E-state index in [-0.39, 0.29) is 17.0 Å². The van der Waals surface area contributed by atoms with Crippen LogP contribution in [0.2, 0.25) is 0 Å². The summed E-state index contributed by atoms with van der Waals surface area (Å²) in [6, 6.07) is -0.968. The van der Waals surface area contributed by atoms with Gasteiger partial charge in [-0.1, -0.05) is 0 Å². The minimum Gasteiger partial charge on any atom is -0.480 e. The van der Waals surface area contributed by atoms with Crippen LogP contribution in [0, 0.1) is 0 Å². The molecular weight excluding hydrogens is 205 g/mol. The second kappa shape index (κ2) is 3.88. The number of alkyl halides is 1. The third-order valence-electron chi connectivity index (χ3n) is 1.41. The number of hydrogen-bond acceptors (Lipinski definition) is 2. The van der Waals surface area contributed by atoms with E-state index in [1.165, 1.54) is 0 Å². The lowest BCUT2D eigenvalue weighted by molar-refractivity contribution is -0.140. The molecule has 1 aliphatic rings. The van der Waals surface area contributed by atoms with Crippen LogP contribution in [0.5, 0.6) is 0 Å². The monoisotopic (exact) mass is 213 g/mol. The maximum atomic E-state index is 12.4. The second-order valence-electron chi connectivity index (χ2n) is 2.07. The van der Waals surface area contributed by atoms with E-state index in [1.54, 1.807) is 0 Å². The number of carbonyl (C=O) groups is 1. The van der Waals surface area contributed by atoms with Gasteiger partial charge in [-0.15, -0.1) is 17.0 Å². The standard InChI is InChI=1S/C5H8FNO2.BrH/c6-3-1-2-7-4(3)5(8)9;/h3-4,7H,1-2H2,(H,8,9);1H/t3-,4+;/m1./s1. The van der Waals surface area contributed by atoms with Crippen LogP contribution >= 0.6 is 17.0 Å². The number of carboxylic acid groups (broad SMARTS) is 1. The highest BCUT2D eigenvalue weighted by Crippen LogP contribution is 2.10. The molecule has 0 unspecified atom stereocenters. The van der Waals surface area contributed by atoms with Crippen molar-refractivity contribution in [2.45, 2.75) is 18.6 Å². The first-order chi connectivity index (χ1) is 4.22. The predicted molar refractivity (Wildman–Crippen MR) is 39.3 cm³/mol. The summed E-state index contributed by atoms with van der Waals surface area (Å²) in [6.45, 7) is 0.470. The normalized spacial score (nSPS) is 31.3. The molecule has 0 spiro atoms. The van der Waals surface area contributed by atoms with E-state index in [0.717, 1.165) is 0 Å². The molecule has 2 atom stereocenters. The first kappa shape index (κ1) is 9.84. The smallest absolute Gasteiger partial charge is 0.323 e. The number of halogens is 2. The van der Waals surface area contributed by atoms with Crippen molar-refractivity contribution in [1.82, 2.24) is 5.32 Å². The molecule has 10 heavy (non-hydrogen) atoms. The van der Waals surface area contributed by atoms with Gasteiger partial charge < -0.3 is 10.4 Å².